The monoisotopic (exact) mass is 321 g/mol. The highest BCUT2D eigenvalue weighted by Gasteiger charge is 2.24. The van der Waals surface area contributed by atoms with E-state index in [1.807, 2.05) is 47.4 Å². The number of rotatable bonds is 2. The van der Waals surface area contributed by atoms with Crippen LogP contribution in [0.15, 0.2) is 48.5 Å². The van der Waals surface area contributed by atoms with Crippen molar-refractivity contribution in [3.63, 3.8) is 0 Å². The molecule has 0 atom stereocenters. The summed E-state index contributed by atoms with van der Waals surface area (Å²) < 4.78 is 2.06. The van der Waals surface area contributed by atoms with Crippen molar-refractivity contribution in [1.29, 1.82) is 0 Å². The van der Waals surface area contributed by atoms with Gasteiger partial charge in [0.25, 0.3) is 5.91 Å². The first-order valence-electron chi connectivity index (χ1n) is 8.14. The Labute approximate surface area is 140 Å². The number of carbonyl (C=O) groups excluding carboxylic acids is 1. The summed E-state index contributed by atoms with van der Waals surface area (Å²) in [7, 11) is 0. The van der Waals surface area contributed by atoms with Gasteiger partial charge < -0.3 is 9.80 Å². The van der Waals surface area contributed by atoms with Crippen molar-refractivity contribution in [3.05, 3.63) is 59.8 Å². The van der Waals surface area contributed by atoms with Crippen LogP contribution >= 0.6 is 0 Å². The molecule has 1 aliphatic rings. The molecule has 1 fully saturated rings. The molecule has 6 nitrogen and oxygen atoms in total. The maximum atomic E-state index is 12.5. The van der Waals surface area contributed by atoms with Crippen LogP contribution in [-0.2, 0) is 0 Å². The van der Waals surface area contributed by atoms with Crippen LogP contribution in [0, 0.1) is 6.92 Å². The molecular weight excluding hydrogens is 302 g/mol. The van der Waals surface area contributed by atoms with E-state index >= 15 is 0 Å². The summed E-state index contributed by atoms with van der Waals surface area (Å²) in [6, 6.07) is 15.4. The number of anilines is 1. The molecule has 0 bridgehead atoms. The highest BCUT2D eigenvalue weighted by molar-refractivity contribution is 5.94. The number of hydrogen-bond donors (Lipinski definition) is 0. The molecule has 0 unspecified atom stereocenters. The molecule has 122 valence electrons. The standard InChI is InChI=1S/C18H19N5O/c1-14-6-5-9-16-19-20-18(23(14)16)22-12-10-21(11-13-22)17(24)15-7-3-2-4-8-15/h2-9H,10-13H2,1H3. The summed E-state index contributed by atoms with van der Waals surface area (Å²) >= 11 is 0. The Balaban J connectivity index is 1.51. The number of aromatic nitrogens is 3. The molecule has 3 heterocycles. The fourth-order valence-corrected chi connectivity index (χ4v) is 3.16. The second-order valence-electron chi connectivity index (χ2n) is 6.01. The van der Waals surface area contributed by atoms with E-state index in [0.717, 1.165) is 35.9 Å². The van der Waals surface area contributed by atoms with Crippen molar-refractivity contribution < 1.29 is 4.79 Å². The normalized spacial score (nSPS) is 15.0. The average Bonchev–Trinajstić information content (AvgIpc) is 3.07. The number of piperazine rings is 1. The van der Waals surface area contributed by atoms with Crippen LogP contribution in [0.2, 0.25) is 0 Å². The lowest BCUT2D eigenvalue weighted by Crippen LogP contribution is -2.49. The number of nitrogens with zero attached hydrogens (tertiary/aromatic N) is 5. The Morgan fingerprint density at radius 1 is 0.917 bits per heavy atom. The van der Waals surface area contributed by atoms with Crippen molar-refractivity contribution >= 4 is 17.5 Å². The summed E-state index contributed by atoms with van der Waals surface area (Å²) in [5.74, 6) is 0.951. The zero-order valence-corrected chi connectivity index (χ0v) is 13.6. The van der Waals surface area contributed by atoms with Crippen molar-refractivity contribution in [1.82, 2.24) is 19.5 Å². The predicted molar refractivity (Wildman–Crippen MR) is 92.3 cm³/mol. The molecule has 2 aromatic heterocycles. The molecule has 3 aromatic rings. The molecular formula is C18H19N5O. The minimum Gasteiger partial charge on any atom is -0.337 e. The van der Waals surface area contributed by atoms with Crippen molar-refractivity contribution in [3.8, 4) is 0 Å². The van der Waals surface area contributed by atoms with E-state index < -0.39 is 0 Å². The fourth-order valence-electron chi connectivity index (χ4n) is 3.16. The second kappa shape index (κ2) is 5.96. The summed E-state index contributed by atoms with van der Waals surface area (Å²) in [5, 5.41) is 8.59. The lowest BCUT2D eigenvalue weighted by atomic mass is 10.2. The number of carbonyl (C=O) groups is 1. The van der Waals surface area contributed by atoms with Gasteiger partial charge in [-0.25, -0.2) is 0 Å². The van der Waals surface area contributed by atoms with E-state index in [-0.39, 0.29) is 5.91 Å². The molecule has 1 aromatic carbocycles. The molecule has 1 aliphatic heterocycles. The first-order valence-corrected chi connectivity index (χ1v) is 8.14. The number of hydrogen-bond acceptors (Lipinski definition) is 4. The van der Waals surface area contributed by atoms with Gasteiger partial charge in [0.1, 0.15) is 0 Å². The summed E-state index contributed by atoms with van der Waals surface area (Å²) in [5.41, 5.74) is 2.71. The Hall–Kier alpha value is -2.89. The number of aryl methyl sites for hydroxylation is 1. The van der Waals surface area contributed by atoms with Gasteiger partial charge in [0.2, 0.25) is 5.95 Å². The molecule has 1 amide bonds. The van der Waals surface area contributed by atoms with Crippen LogP contribution in [0.4, 0.5) is 5.95 Å². The number of pyridine rings is 1. The largest absolute Gasteiger partial charge is 0.337 e. The maximum absolute atomic E-state index is 12.5. The third-order valence-corrected chi connectivity index (χ3v) is 4.48. The zero-order chi connectivity index (χ0) is 16.5. The number of fused-ring (bicyclic) bond motifs is 1. The van der Waals surface area contributed by atoms with Crippen molar-refractivity contribution in [2.24, 2.45) is 0 Å². The minimum atomic E-state index is 0.0949. The lowest BCUT2D eigenvalue weighted by molar-refractivity contribution is 0.0746. The van der Waals surface area contributed by atoms with Crippen LogP contribution in [0.5, 0.6) is 0 Å². The van der Waals surface area contributed by atoms with Crippen LogP contribution in [0.1, 0.15) is 16.1 Å². The molecule has 0 spiro atoms. The minimum absolute atomic E-state index is 0.0949. The van der Waals surface area contributed by atoms with Crippen LogP contribution in [-0.4, -0.2) is 51.6 Å². The molecule has 0 saturated carbocycles. The van der Waals surface area contributed by atoms with E-state index in [1.54, 1.807) is 0 Å². The maximum Gasteiger partial charge on any atom is 0.253 e. The number of amides is 1. The number of benzene rings is 1. The van der Waals surface area contributed by atoms with E-state index in [1.165, 1.54) is 0 Å². The molecule has 6 heteroatoms. The summed E-state index contributed by atoms with van der Waals surface area (Å²) in [6.07, 6.45) is 0. The van der Waals surface area contributed by atoms with Crippen LogP contribution < -0.4 is 4.90 Å². The lowest BCUT2D eigenvalue weighted by Gasteiger charge is -2.34. The Bertz CT molecular complexity index is 866. The fraction of sp³-hybridized carbons (Fsp3) is 0.278. The first kappa shape index (κ1) is 14.7. The summed E-state index contributed by atoms with van der Waals surface area (Å²) in [6.45, 7) is 4.94. The molecule has 0 radical (unpaired) electrons. The van der Waals surface area contributed by atoms with E-state index in [2.05, 4.69) is 32.5 Å². The second-order valence-corrected chi connectivity index (χ2v) is 6.01. The van der Waals surface area contributed by atoms with Gasteiger partial charge in [-0.15, -0.1) is 10.2 Å². The Morgan fingerprint density at radius 2 is 1.67 bits per heavy atom. The van der Waals surface area contributed by atoms with Gasteiger partial charge in [-0.3, -0.25) is 9.20 Å². The molecule has 1 saturated heterocycles. The van der Waals surface area contributed by atoms with Gasteiger partial charge >= 0.3 is 0 Å². The molecule has 0 aliphatic carbocycles. The van der Waals surface area contributed by atoms with E-state index in [0.29, 0.717) is 13.1 Å². The molecule has 4 rings (SSSR count). The van der Waals surface area contributed by atoms with E-state index in [9.17, 15) is 4.79 Å². The first-order chi connectivity index (χ1) is 11.7. The van der Waals surface area contributed by atoms with Gasteiger partial charge in [-0.2, -0.15) is 0 Å². The third-order valence-electron chi connectivity index (χ3n) is 4.48. The van der Waals surface area contributed by atoms with E-state index in [4.69, 9.17) is 0 Å². The molecule has 24 heavy (non-hydrogen) atoms. The highest BCUT2D eigenvalue weighted by Crippen LogP contribution is 2.18. The zero-order valence-electron chi connectivity index (χ0n) is 13.6. The quantitative estimate of drug-likeness (QED) is 0.724. The summed E-state index contributed by atoms with van der Waals surface area (Å²) in [4.78, 5) is 16.6. The SMILES string of the molecule is Cc1cccc2nnc(N3CCN(C(=O)c4ccccc4)CC3)n12. The predicted octanol–water partition coefficient (Wildman–Crippen LogP) is 2.00. The Morgan fingerprint density at radius 3 is 2.42 bits per heavy atom. The van der Waals surface area contributed by atoms with Gasteiger partial charge in [0.05, 0.1) is 0 Å². The highest BCUT2D eigenvalue weighted by atomic mass is 16.2. The van der Waals surface area contributed by atoms with Crippen molar-refractivity contribution in [2.75, 3.05) is 31.1 Å². The topological polar surface area (TPSA) is 53.7 Å². The van der Waals surface area contributed by atoms with Crippen LogP contribution in [0.3, 0.4) is 0 Å². The molecule has 0 N–H and O–H groups in total. The smallest absolute Gasteiger partial charge is 0.253 e. The average molecular weight is 321 g/mol. The van der Waals surface area contributed by atoms with Gasteiger partial charge in [-0.05, 0) is 31.2 Å². The van der Waals surface area contributed by atoms with Gasteiger partial charge in [-0.1, -0.05) is 24.3 Å². The van der Waals surface area contributed by atoms with Crippen LogP contribution in [0.25, 0.3) is 5.65 Å². The van der Waals surface area contributed by atoms with Gasteiger partial charge in [0, 0.05) is 37.4 Å². The van der Waals surface area contributed by atoms with Crippen molar-refractivity contribution in [2.45, 2.75) is 6.92 Å². The Kier molecular flexibility index (Phi) is 3.65. The van der Waals surface area contributed by atoms with Gasteiger partial charge in [0.15, 0.2) is 5.65 Å². The third kappa shape index (κ3) is 2.50.